The van der Waals surface area contributed by atoms with Gasteiger partial charge in [-0.1, -0.05) is 54.6 Å². The summed E-state index contributed by atoms with van der Waals surface area (Å²) in [6, 6.07) is 19.7. The number of pyridine rings is 1. The van der Waals surface area contributed by atoms with Gasteiger partial charge in [-0.3, -0.25) is 4.79 Å². The van der Waals surface area contributed by atoms with Crippen LogP contribution in [0.15, 0.2) is 69.9 Å². The molecule has 1 aliphatic rings. The van der Waals surface area contributed by atoms with Crippen molar-refractivity contribution >= 4 is 26.0 Å². The van der Waals surface area contributed by atoms with E-state index in [1.165, 1.54) is 6.26 Å². The lowest BCUT2D eigenvalue weighted by molar-refractivity contribution is 0.314. The molecule has 1 aromatic heterocycles. The van der Waals surface area contributed by atoms with Crippen LogP contribution in [-0.2, 0) is 22.9 Å². The summed E-state index contributed by atoms with van der Waals surface area (Å²) in [4.78, 5) is 13.2. The number of hydrogen-bond donors (Lipinski definition) is 1. The largest absolute Gasteiger partial charge is 0.307 e. The van der Waals surface area contributed by atoms with Crippen LogP contribution in [-0.4, -0.2) is 25.3 Å². The van der Waals surface area contributed by atoms with E-state index in [1.807, 2.05) is 43.3 Å². The Balaban J connectivity index is 1.77. The molecule has 0 spiro atoms. The van der Waals surface area contributed by atoms with E-state index in [0.29, 0.717) is 23.7 Å². The molecule has 3 aromatic rings. The molecule has 2 heterocycles. The van der Waals surface area contributed by atoms with E-state index < -0.39 is 10.0 Å². The molecule has 0 fully saturated rings. The van der Waals surface area contributed by atoms with Crippen molar-refractivity contribution in [3.8, 4) is 11.1 Å². The molecule has 1 N–H and O–H groups in total. The first-order valence-corrected chi connectivity index (χ1v) is 12.9. The molecule has 0 amide bonds. The SMILES string of the molecule is Cc1cc2n(c(=O)c1Br)C(Cc1cccc(-c3ccccc3)c1)C(NS(C)(=O)=O)CC2. The number of sulfonamides is 1. The third kappa shape index (κ3) is 4.84. The first kappa shape index (κ1) is 22.0. The Bertz CT molecular complexity index is 1270. The Hall–Kier alpha value is -2.22. The average Bonchev–Trinajstić information content (AvgIpc) is 2.73. The maximum atomic E-state index is 13.2. The van der Waals surface area contributed by atoms with Crippen molar-refractivity contribution in [3.63, 3.8) is 0 Å². The maximum absolute atomic E-state index is 13.2. The molecule has 2 aromatic carbocycles. The zero-order chi connectivity index (χ0) is 22.2. The van der Waals surface area contributed by atoms with Crippen molar-refractivity contribution in [1.29, 1.82) is 0 Å². The second-order valence-electron chi connectivity index (χ2n) is 8.18. The molecule has 162 valence electrons. The third-order valence-electron chi connectivity index (χ3n) is 5.80. The lowest BCUT2D eigenvalue weighted by Crippen LogP contribution is -2.48. The summed E-state index contributed by atoms with van der Waals surface area (Å²) in [5.41, 5.74) is 5.01. The topological polar surface area (TPSA) is 68.2 Å². The summed E-state index contributed by atoms with van der Waals surface area (Å²) in [7, 11) is -3.41. The second kappa shape index (κ2) is 8.73. The van der Waals surface area contributed by atoms with Crippen LogP contribution in [0.5, 0.6) is 0 Å². The van der Waals surface area contributed by atoms with Gasteiger partial charge < -0.3 is 4.57 Å². The van der Waals surface area contributed by atoms with Crippen LogP contribution in [0.3, 0.4) is 0 Å². The van der Waals surface area contributed by atoms with Crippen LogP contribution in [0.4, 0.5) is 0 Å². The van der Waals surface area contributed by atoms with Gasteiger partial charge in [0.2, 0.25) is 10.0 Å². The summed E-state index contributed by atoms with van der Waals surface area (Å²) < 4.78 is 29.2. The molecule has 4 rings (SSSR count). The molecule has 2 atom stereocenters. The van der Waals surface area contributed by atoms with Gasteiger partial charge in [0, 0.05) is 11.7 Å². The summed E-state index contributed by atoms with van der Waals surface area (Å²) in [5.74, 6) is 0. The van der Waals surface area contributed by atoms with Gasteiger partial charge in [0.1, 0.15) is 0 Å². The molecule has 0 aliphatic carbocycles. The molecule has 0 saturated heterocycles. The smallest absolute Gasteiger partial charge is 0.265 e. The van der Waals surface area contributed by atoms with E-state index in [9.17, 15) is 13.2 Å². The Labute approximate surface area is 191 Å². The Morgan fingerprint density at radius 2 is 1.77 bits per heavy atom. The van der Waals surface area contributed by atoms with Gasteiger partial charge in [0.15, 0.2) is 0 Å². The number of hydrogen-bond acceptors (Lipinski definition) is 3. The quantitative estimate of drug-likeness (QED) is 0.569. The number of aryl methyl sites for hydroxylation is 2. The van der Waals surface area contributed by atoms with E-state index in [0.717, 1.165) is 27.9 Å². The van der Waals surface area contributed by atoms with Gasteiger partial charge in [0.25, 0.3) is 5.56 Å². The lowest BCUT2D eigenvalue weighted by Gasteiger charge is -2.36. The normalized spacial score (nSPS) is 18.5. The summed E-state index contributed by atoms with van der Waals surface area (Å²) in [5, 5.41) is 0. The molecule has 0 saturated carbocycles. The van der Waals surface area contributed by atoms with Crippen LogP contribution < -0.4 is 10.3 Å². The minimum atomic E-state index is -3.41. The van der Waals surface area contributed by atoms with Crippen LogP contribution in [0.2, 0.25) is 0 Å². The minimum Gasteiger partial charge on any atom is -0.307 e. The maximum Gasteiger partial charge on any atom is 0.265 e. The fourth-order valence-electron chi connectivity index (χ4n) is 4.42. The second-order valence-corrected chi connectivity index (χ2v) is 10.8. The number of nitrogens with one attached hydrogen (secondary N) is 1. The van der Waals surface area contributed by atoms with E-state index in [4.69, 9.17) is 0 Å². The number of fused-ring (bicyclic) bond motifs is 1. The number of benzene rings is 2. The van der Waals surface area contributed by atoms with Crippen LogP contribution in [0.1, 0.15) is 29.3 Å². The molecule has 7 heteroatoms. The monoisotopic (exact) mass is 500 g/mol. The van der Waals surface area contributed by atoms with E-state index >= 15 is 0 Å². The number of halogens is 1. The fourth-order valence-corrected chi connectivity index (χ4v) is 5.55. The molecule has 0 bridgehead atoms. The van der Waals surface area contributed by atoms with Crippen molar-refractivity contribution < 1.29 is 8.42 Å². The van der Waals surface area contributed by atoms with Crippen molar-refractivity contribution in [1.82, 2.24) is 9.29 Å². The van der Waals surface area contributed by atoms with Gasteiger partial charge in [-0.05, 0) is 70.4 Å². The summed E-state index contributed by atoms with van der Waals surface area (Å²) >= 11 is 3.42. The number of nitrogens with zero attached hydrogens (tertiary/aromatic N) is 1. The average molecular weight is 501 g/mol. The Morgan fingerprint density at radius 3 is 2.48 bits per heavy atom. The Morgan fingerprint density at radius 1 is 1.06 bits per heavy atom. The van der Waals surface area contributed by atoms with Gasteiger partial charge in [-0.15, -0.1) is 0 Å². The highest BCUT2D eigenvalue weighted by molar-refractivity contribution is 9.10. The highest BCUT2D eigenvalue weighted by Gasteiger charge is 2.33. The van der Waals surface area contributed by atoms with Gasteiger partial charge in [0.05, 0.1) is 16.8 Å². The third-order valence-corrected chi connectivity index (χ3v) is 7.49. The van der Waals surface area contributed by atoms with Crippen molar-refractivity contribution in [2.24, 2.45) is 0 Å². The standard InChI is InChI=1S/C24H25BrN2O3S/c1-16-13-20-11-12-21(26-31(2,29)30)22(27(20)24(28)23(16)25)15-17-7-6-10-19(14-17)18-8-4-3-5-9-18/h3-10,13-14,21-22,26H,11-12,15H2,1-2H3. The van der Waals surface area contributed by atoms with Crippen LogP contribution in [0, 0.1) is 6.92 Å². The van der Waals surface area contributed by atoms with Gasteiger partial charge in [-0.25, -0.2) is 13.1 Å². The highest BCUT2D eigenvalue weighted by Crippen LogP contribution is 2.30. The summed E-state index contributed by atoms with van der Waals surface area (Å²) in [6.45, 7) is 1.91. The first-order valence-electron chi connectivity index (χ1n) is 10.2. The molecule has 0 radical (unpaired) electrons. The van der Waals surface area contributed by atoms with E-state index in [-0.39, 0.29) is 17.6 Å². The van der Waals surface area contributed by atoms with Crippen molar-refractivity contribution in [2.75, 3.05) is 6.26 Å². The molecular weight excluding hydrogens is 476 g/mol. The molecule has 31 heavy (non-hydrogen) atoms. The van der Waals surface area contributed by atoms with Gasteiger partial charge >= 0.3 is 0 Å². The van der Waals surface area contributed by atoms with E-state index in [1.54, 1.807) is 4.57 Å². The molecule has 2 unspecified atom stereocenters. The predicted molar refractivity (Wildman–Crippen MR) is 128 cm³/mol. The highest BCUT2D eigenvalue weighted by atomic mass is 79.9. The molecule has 1 aliphatic heterocycles. The number of aromatic nitrogens is 1. The minimum absolute atomic E-state index is 0.112. The first-order chi connectivity index (χ1) is 14.7. The zero-order valence-electron chi connectivity index (χ0n) is 17.5. The lowest BCUT2D eigenvalue weighted by atomic mass is 9.90. The van der Waals surface area contributed by atoms with Crippen molar-refractivity contribution in [2.45, 2.75) is 38.3 Å². The van der Waals surface area contributed by atoms with E-state index in [2.05, 4.69) is 44.9 Å². The van der Waals surface area contributed by atoms with Crippen molar-refractivity contribution in [3.05, 3.63) is 92.3 Å². The molecule has 5 nitrogen and oxygen atoms in total. The summed E-state index contributed by atoms with van der Waals surface area (Å²) in [6.07, 6.45) is 3.02. The van der Waals surface area contributed by atoms with Crippen LogP contribution in [0.25, 0.3) is 11.1 Å². The van der Waals surface area contributed by atoms with Gasteiger partial charge in [-0.2, -0.15) is 0 Å². The predicted octanol–water partition coefficient (Wildman–Crippen LogP) is 4.23. The van der Waals surface area contributed by atoms with Crippen LogP contribution >= 0.6 is 15.9 Å². The zero-order valence-corrected chi connectivity index (χ0v) is 19.9. The molecular formula is C24H25BrN2O3S. The number of rotatable bonds is 5. The fraction of sp³-hybridized carbons (Fsp3) is 0.292. The Kier molecular flexibility index (Phi) is 6.19.